The first-order valence-corrected chi connectivity index (χ1v) is 18.7. The Bertz CT molecular complexity index is 1250. The Morgan fingerprint density at radius 2 is 1.50 bits per heavy atom. The molecule has 220 valence electrons. The van der Waals surface area contributed by atoms with Crippen LogP contribution in [-0.4, -0.2) is 13.3 Å². The van der Waals surface area contributed by atoms with Gasteiger partial charge in [-0.2, -0.15) is 0 Å². The highest BCUT2D eigenvalue weighted by Crippen LogP contribution is 2.57. The number of ether oxygens (including phenoxy) is 1. The normalized spacial score (nSPS) is 24.7. The smallest absolute Gasteiger partial charge is 0.192 e. The van der Waals surface area contributed by atoms with Gasteiger partial charge in [0.1, 0.15) is 6.10 Å². The van der Waals surface area contributed by atoms with Crippen LogP contribution in [0.25, 0.3) is 0 Å². The van der Waals surface area contributed by atoms with Crippen molar-refractivity contribution in [1.82, 2.24) is 4.98 Å². The van der Waals surface area contributed by atoms with E-state index in [-0.39, 0.29) is 28.1 Å². The summed E-state index contributed by atoms with van der Waals surface area (Å²) < 4.78 is 14.4. The molecule has 0 spiro atoms. The molecule has 1 fully saturated rings. The third-order valence-electron chi connectivity index (χ3n) is 10.4. The summed E-state index contributed by atoms with van der Waals surface area (Å²) in [5, 5.41) is 0.151. The molecule has 0 N–H and O–H groups in total. The van der Waals surface area contributed by atoms with Gasteiger partial charge in [0.2, 0.25) is 0 Å². The fourth-order valence-electron chi connectivity index (χ4n) is 7.16. The van der Waals surface area contributed by atoms with Crippen molar-refractivity contribution in [3.8, 4) is 0 Å². The first-order valence-electron chi connectivity index (χ1n) is 15.8. The molecule has 0 amide bonds. The molecule has 4 heteroatoms. The molecule has 2 aromatic rings. The van der Waals surface area contributed by atoms with E-state index in [1.165, 1.54) is 64.9 Å². The molecular weight excluding hydrogens is 506 g/mol. The summed E-state index contributed by atoms with van der Waals surface area (Å²) >= 11 is 0. The molecule has 5 rings (SSSR count). The maximum atomic E-state index is 7.33. The quantitative estimate of drug-likeness (QED) is 0.348. The Morgan fingerprint density at radius 3 is 2.05 bits per heavy atom. The van der Waals surface area contributed by atoms with Gasteiger partial charge in [-0.05, 0) is 85.2 Å². The van der Waals surface area contributed by atoms with Crippen LogP contribution in [0.2, 0.25) is 18.1 Å². The van der Waals surface area contributed by atoms with Crippen molar-refractivity contribution < 1.29 is 9.16 Å². The van der Waals surface area contributed by atoms with Crippen molar-refractivity contribution in [2.75, 3.05) is 0 Å². The summed E-state index contributed by atoms with van der Waals surface area (Å²) in [6, 6.07) is 9.22. The van der Waals surface area contributed by atoms with Crippen molar-refractivity contribution in [2.24, 2.45) is 5.41 Å². The molecule has 0 radical (unpaired) electrons. The molecule has 0 unspecified atom stereocenters. The van der Waals surface area contributed by atoms with Crippen LogP contribution >= 0.6 is 0 Å². The van der Waals surface area contributed by atoms with Gasteiger partial charge in [0.05, 0.1) is 17.4 Å². The van der Waals surface area contributed by atoms with E-state index in [2.05, 4.69) is 107 Å². The van der Waals surface area contributed by atoms with Crippen molar-refractivity contribution in [1.29, 1.82) is 0 Å². The Kier molecular flexibility index (Phi) is 7.33. The Hall–Kier alpha value is -1.49. The molecule has 0 saturated heterocycles. The van der Waals surface area contributed by atoms with Gasteiger partial charge in [0, 0.05) is 22.7 Å². The lowest BCUT2D eigenvalue weighted by Crippen LogP contribution is -2.44. The minimum atomic E-state index is -2.02. The van der Waals surface area contributed by atoms with Crippen molar-refractivity contribution in [3.63, 3.8) is 0 Å². The number of hydrogen-bond donors (Lipinski definition) is 0. The Morgan fingerprint density at radius 1 is 0.900 bits per heavy atom. The summed E-state index contributed by atoms with van der Waals surface area (Å²) in [6.07, 6.45) is 7.09. The molecule has 1 saturated carbocycles. The van der Waals surface area contributed by atoms with E-state index in [0.717, 1.165) is 12.8 Å². The zero-order valence-corrected chi connectivity index (χ0v) is 28.5. The van der Waals surface area contributed by atoms with Gasteiger partial charge in [-0.3, -0.25) is 4.98 Å². The summed E-state index contributed by atoms with van der Waals surface area (Å²) in [4.78, 5) is 5.66. The first-order chi connectivity index (χ1) is 18.3. The minimum absolute atomic E-state index is 0.0587. The third-order valence-corrected chi connectivity index (χ3v) is 14.9. The number of pyridine rings is 1. The molecule has 2 heterocycles. The van der Waals surface area contributed by atoms with Gasteiger partial charge in [-0.1, -0.05) is 92.5 Å². The highest BCUT2D eigenvalue weighted by Gasteiger charge is 2.50. The van der Waals surface area contributed by atoms with Crippen molar-refractivity contribution in [3.05, 3.63) is 63.5 Å². The summed E-state index contributed by atoms with van der Waals surface area (Å²) in [5.41, 5.74) is 9.21. The summed E-state index contributed by atoms with van der Waals surface area (Å²) in [6.45, 7) is 28.1. The van der Waals surface area contributed by atoms with Gasteiger partial charge in [-0.25, -0.2) is 0 Å². The topological polar surface area (TPSA) is 31.4 Å². The van der Waals surface area contributed by atoms with Crippen LogP contribution in [0.5, 0.6) is 0 Å². The van der Waals surface area contributed by atoms with Gasteiger partial charge >= 0.3 is 0 Å². The van der Waals surface area contributed by atoms with Gasteiger partial charge in [-0.15, -0.1) is 0 Å². The van der Waals surface area contributed by atoms with E-state index in [1.807, 2.05) is 0 Å². The highest BCUT2D eigenvalue weighted by molar-refractivity contribution is 6.74. The first kappa shape index (κ1) is 30.0. The van der Waals surface area contributed by atoms with Crippen LogP contribution in [0.3, 0.4) is 0 Å². The second kappa shape index (κ2) is 9.78. The largest absolute Gasteiger partial charge is 0.410 e. The van der Waals surface area contributed by atoms with Crippen molar-refractivity contribution in [2.45, 2.75) is 155 Å². The van der Waals surface area contributed by atoms with E-state index in [4.69, 9.17) is 14.1 Å². The molecule has 3 nitrogen and oxygen atoms in total. The fourth-order valence-corrected chi connectivity index (χ4v) is 8.42. The number of fused-ring (bicyclic) bond motifs is 3. The van der Waals surface area contributed by atoms with Crippen LogP contribution in [0.4, 0.5) is 0 Å². The average Bonchev–Trinajstić information content (AvgIpc) is 3.43. The zero-order valence-electron chi connectivity index (χ0n) is 27.5. The number of nitrogens with zero attached hydrogens (tertiary/aromatic N) is 1. The van der Waals surface area contributed by atoms with Crippen LogP contribution in [0.1, 0.15) is 159 Å². The van der Waals surface area contributed by atoms with Crippen LogP contribution in [-0.2, 0) is 26.6 Å². The Balaban J connectivity index is 1.73. The maximum Gasteiger partial charge on any atom is 0.192 e. The monoisotopic (exact) mass is 561 g/mol. The fraction of sp³-hybridized carbons (Fsp3) is 0.694. The summed E-state index contributed by atoms with van der Waals surface area (Å²) in [5.74, 6) is 0.526. The molecule has 2 aliphatic carbocycles. The lowest BCUT2D eigenvalue weighted by atomic mass is 9.71. The Labute approximate surface area is 246 Å². The second-order valence-corrected chi connectivity index (χ2v) is 21.7. The molecule has 40 heavy (non-hydrogen) atoms. The highest BCUT2D eigenvalue weighted by atomic mass is 28.4. The minimum Gasteiger partial charge on any atom is -0.410 e. The van der Waals surface area contributed by atoms with Crippen LogP contribution in [0.15, 0.2) is 24.3 Å². The van der Waals surface area contributed by atoms with Crippen LogP contribution in [0, 0.1) is 5.41 Å². The molecule has 0 bridgehead atoms. The average molecular weight is 562 g/mol. The van der Waals surface area contributed by atoms with E-state index >= 15 is 0 Å². The molecule has 1 aromatic heterocycles. The lowest BCUT2D eigenvalue weighted by Gasteiger charge is -2.45. The van der Waals surface area contributed by atoms with E-state index < -0.39 is 13.9 Å². The number of aromatic nitrogens is 1. The van der Waals surface area contributed by atoms with Crippen LogP contribution < -0.4 is 0 Å². The van der Waals surface area contributed by atoms with E-state index in [9.17, 15) is 0 Å². The number of rotatable bonds is 4. The molecule has 1 aliphatic heterocycles. The van der Waals surface area contributed by atoms with E-state index in [0.29, 0.717) is 5.92 Å². The zero-order chi connectivity index (χ0) is 29.5. The van der Waals surface area contributed by atoms with Gasteiger partial charge < -0.3 is 9.16 Å². The third kappa shape index (κ3) is 5.38. The SMILES string of the molecule is CC1(C)Cc2nc(C3CCCC3)c3c(c2[C@@H](O[Si](C)(C)C(C)(C)C)C1)C(C)(C)O[C@@H]3c1ccc(C(C)(C)C)cc1. The predicted octanol–water partition coefficient (Wildman–Crippen LogP) is 10.4. The van der Waals surface area contributed by atoms with Gasteiger partial charge in [0.15, 0.2) is 8.32 Å². The number of benzene rings is 1. The lowest BCUT2D eigenvalue weighted by molar-refractivity contribution is -0.0359. The maximum absolute atomic E-state index is 7.33. The van der Waals surface area contributed by atoms with E-state index in [1.54, 1.807) is 0 Å². The second-order valence-electron chi connectivity index (χ2n) is 16.9. The molecule has 1 aromatic carbocycles. The molecular formula is C36H55NO2Si. The number of hydrogen-bond acceptors (Lipinski definition) is 3. The predicted molar refractivity (Wildman–Crippen MR) is 170 cm³/mol. The standard InChI is InChI=1S/C36H55NO2Si/c1-33(2,3)25-19-17-24(18-20-25)32-29-30(36(9,10)38-32)28-26(37-31(29)23-15-13-14-16-23)21-35(7,8)22-27(28)39-40(11,12)34(4,5)6/h17-20,23,27,32H,13-16,21-22H2,1-12H3/t27-,32+/m0/s1. The van der Waals surface area contributed by atoms with Crippen molar-refractivity contribution >= 4 is 8.32 Å². The summed E-state index contributed by atoms with van der Waals surface area (Å²) in [7, 11) is -2.02. The molecule has 2 atom stereocenters. The molecule has 3 aliphatic rings. The van der Waals surface area contributed by atoms with Gasteiger partial charge in [0.25, 0.3) is 0 Å².